The fourth-order valence-corrected chi connectivity index (χ4v) is 4.92. The SMILES string of the molecule is C[C@@H]1CC[C@@H]2CC(c3ccc4cc(F)ccc4c3)CCC2C1. The number of benzene rings is 2. The van der Waals surface area contributed by atoms with E-state index in [1.165, 1.54) is 49.5 Å². The van der Waals surface area contributed by atoms with Crippen LogP contribution in [0.25, 0.3) is 10.8 Å². The first kappa shape index (κ1) is 14.2. The molecule has 0 bridgehead atoms. The van der Waals surface area contributed by atoms with Gasteiger partial charge in [0.2, 0.25) is 0 Å². The van der Waals surface area contributed by atoms with Crippen molar-refractivity contribution in [2.45, 2.75) is 51.4 Å². The molecule has 0 aromatic heterocycles. The van der Waals surface area contributed by atoms with Gasteiger partial charge in [0.05, 0.1) is 0 Å². The number of hydrogen-bond donors (Lipinski definition) is 0. The largest absolute Gasteiger partial charge is 0.207 e. The lowest BCUT2D eigenvalue weighted by Gasteiger charge is -2.41. The summed E-state index contributed by atoms with van der Waals surface area (Å²) < 4.78 is 13.3. The molecule has 4 atom stereocenters. The van der Waals surface area contributed by atoms with Crippen LogP contribution in [0, 0.1) is 23.6 Å². The minimum atomic E-state index is -0.142. The zero-order chi connectivity index (χ0) is 15.1. The van der Waals surface area contributed by atoms with Gasteiger partial charge in [0.25, 0.3) is 0 Å². The van der Waals surface area contributed by atoms with Crippen LogP contribution in [-0.4, -0.2) is 0 Å². The highest BCUT2D eigenvalue weighted by Gasteiger charge is 2.34. The first-order chi connectivity index (χ1) is 10.7. The lowest BCUT2D eigenvalue weighted by Crippen LogP contribution is -2.29. The molecule has 116 valence electrons. The quantitative estimate of drug-likeness (QED) is 0.579. The van der Waals surface area contributed by atoms with Crippen molar-refractivity contribution in [3.05, 3.63) is 47.8 Å². The number of halogens is 1. The molecule has 4 rings (SSSR count). The van der Waals surface area contributed by atoms with Gasteiger partial charge in [-0.15, -0.1) is 0 Å². The van der Waals surface area contributed by atoms with E-state index in [1.807, 2.05) is 6.07 Å². The molecule has 2 unspecified atom stereocenters. The molecule has 0 nitrogen and oxygen atoms in total. The van der Waals surface area contributed by atoms with E-state index in [1.54, 1.807) is 12.1 Å². The van der Waals surface area contributed by atoms with E-state index in [2.05, 4.69) is 25.1 Å². The zero-order valence-corrected chi connectivity index (χ0v) is 13.4. The maximum absolute atomic E-state index is 13.3. The summed E-state index contributed by atoms with van der Waals surface area (Å²) in [4.78, 5) is 0. The highest BCUT2D eigenvalue weighted by atomic mass is 19.1. The van der Waals surface area contributed by atoms with Crippen molar-refractivity contribution in [1.82, 2.24) is 0 Å². The van der Waals surface area contributed by atoms with Crippen molar-refractivity contribution >= 4 is 10.8 Å². The van der Waals surface area contributed by atoms with E-state index in [0.29, 0.717) is 5.92 Å². The minimum absolute atomic E-state index is 0.142. The standard InChI is InChI=1S/C21H25F/c1-14-2-3-16-11-17(5-4-15(16)10-14)18-6-7-20-13-21(22)9-8-19(20)12-18/h6-9,12-17H,2-5,10-11H2,1H3/t14-,15?,16-,17?/m1/s1. The highest BCUT2D eigenvalue weighted by Crippen LogP contribution is 2.47. The van der Waals surface area contributed by atoms with E-state index in [9.17, 15) is 4.39 Å². The van der Waals surface area contributed by atoms with Crippen LogP contribution in [-0.2, 0) is 0 Å². The molecule has 0 radical (unpaired) electrons. The van der Waals surface area contributed by atoms with E-state index in [0.717, 1.165) is 23.1 Å². The molecule has 2 aliphatic rings. The highest BCUT2D eigenvalue weighted by molar-refractivity contribution is 5.83. The molecule has 0 heterocycles. The topological polar surface area (TPSA) is 0 Å². The van der Waals surface area contributed by atoms with Crippen molar-refractivity contribution < 1.29 is 4.39 Å². The lowest BCUT2D eigenvalue weighted by atomic mass is 9.64. The van der Waals surface area contributed by atoms with Gasteiger partial charge in [0.15, 0.2) is 0 Å². The Morgan fingerprint density at radius 3 is 2.45 bits per heavy atom. The van der Waals surface area contributed by atoms with Crippen LogP contribution < -0.4 is 0 Å². The maximum atomic E-state index is 13.3. The van der Waals surface area contributed by atoms with Gasteiger partial charge < -0.3 is 0 Å². The van der Waals surface area contributed by atoms with Gasteiger partial charge >= 0.3 is 0 Å². The predicted molar refractivity (Wildman–Crippen MR) is 90.5 cm³/mol. The Bertz CT molecular complexity index is 675. The fourth-order valence-electron chi connectivity index (χ4n) is 4.92. The average molecular weight is 296 g/mol. The van der Waals surface area contributed by atoms with E-state index in [4.69, 9.17) is 0 Å². The van der Waals surface area contributed by atoms with Crippen molar-refractivity contribution in [3.63, 3.8) is 0 Å². The van der Waals surface area contributed by atoms with Gasteiger partial charge in [-0.1, -0.05) is 37.6 Å². The summed E-state index contributed by atoms with van der Waals surface area (Å²) >= 11 is 0. The molecule has 0 spiro atoms. The molecule has 22 heavy (non-hydrogen) atoms. The second kappa shape index (κ2) is 5.68. The molecule has 0 N–H and O–H groups in total. The summed E-state index contributed by atoms with van der Waals surface area (Å²) in [5, 5.41) is 2.20. The minimum Gasteiger partial charge on any atom is -0.207 e. The summed E-state index contributed by atoms with van der Waals surface area (Å²) in [6.45, 7) is 2.42. The summed E-state index contributed by atoms with van der Waals surface area (Å²) in [7, 11) is 0. The molecular weight excluding hydrogens is 271 g/mol. The monoisotopic (exact) mass is 296 g/mol. The molecule has 2 aliphatic carbocycles. The van der Waals surface area contributed by atoms with Crippen LogP contribution in [0.5, 0.6) is 0 Å². The Labute approximate surface area is 132 Å². The zero-order valence-electron chi connectivity index (χ0n) is 13.4. The van der Waals surface area contributed by atoms with Crippen LogP contribution in [0.4, 0.5) is 4.39 Å². The summed E-state index contributed by atoms with van der Waals surface area (Å²) in [6, 6.07) is 11.8. The normalized spacial score (nSPS) is 31.9. The van der Waals surface area contributed by atoms with Gasteiger partial charge in [-0.2, -0.15) is 0 Å². The number of fused-ring (bicyclic) bond motifs is 2. The predicted octanol–water partition coefficient (Wildman–Crippen LogP) is 6.30. The second-order valence-corrected chi connectivity index (χ2v) is 7.70. The van der Waals surface area contributed by atoms with Crippen LogP contribution in [0.1, 0.15) is 56.9 Å². The smallest absolute Gasteiger partial charge is 0.123 e. The van der Waals surface area contributed by atoms with Crippen molar-refractivity contribution in [1.29, 1.82) is 0 Å². The van der Waals surface area contributed by atoms with Crippen LogP contribution in [0.15, 0.2) is 36.4 Å². The number of rotatable bonds is 1. The first-order valence-corrected chi connectivity index (χ1v) is 8.88. The Morgan fingerprint density at radius 1 is 0.818 bits per heavy atom. The Hall–Kier alpha value is -1.37. The van der Waals surface area contributed by atoms with Crippen molar-refractivity contribution in [2.75, 3.05) is 0 Å². The molecule has 2 fully saturated rings. The maximum Gasteiger partial charge on any atom is 0.123 e. The first-order valence-electron chi connectivity index (χ1n) is 8.88. The second-order valence-electron chi connectivity index (χ2n) is 7.70. The summed E-state index contributed by atoms with van der Waals surface area (Å²) in [5.74, 6) is 3.43. The molecular formula is C21H25F. The van der Waals surface area contributed by atoms with Gasteiger partial charge in [0.1, 0.15) is 5.82 Å². The van der Waals surface area contributed by atoms with Crippen LogP contribution in [0.3, 0.4) is 0 Å². The number of hydrogen-bond acceptors (Lipinski definition) is 0. The summed E-state index contributed by atoms with van der Waals surface area (Å²) in [5.41, 5.74) is 1.47. The van der Waals surface area contributed by atoms with Crippen molar-refractivity contribution in [3.8, 4) is 0 Å². The molecule has 2 aromatic rings. The van der Waals surface area contributed by atoms with Crippen molar-refractivity contribution in [2.24, 2.45) is 17.8 Å². The molecule has 0 saturated heterocycles. The Kier molecular flexibility index (Phi) is 3.68. The van der Waals surface area contributed by atoms with Gasteiger partial charge in [-0.3, -0.25) is 0 Å². The molecule has 2 aromatic carbocycles. The van der Waals surface area contributed by atoms with E-state index in [-0.39, 0.29) is 5.82 Å². The van der Waals surface area contributed by atoms with Gasteiger partial charge in [-0.25, -0.2) is 4.39 Å². The summed E-state index contributed by atoms with van der Waals surface area (Å²) in [6.07, 6.45) is 8.41. The third-order valence-electron chi connectivity index (χ3n) is 6.17. The molecule has 1 heteroatoms. The average Bonchev–Trinajstić information content (AvgIpc) is 2.54. The third-order valence-corrected chi connectivity index (χ3v) is 6.17. The molecule has 0 aliphatic heterocycles. The van der Waals surface area contributed by atoms with Gasteiger partial charge in [0, 0.05) is 0 Å². The Balaban J connectivity index is 1.56. The Morgan fingerprint density at radius 2 is 1.55 bits per heavy atom. The third kappa shape index (κ3) is 2.66. The molecule has 2 saturated carbocycles. The lowest BCUT2D eigenvalue weighted by molar-refractivity contribution is 0.124. The van der Waals surface area contributed by atoms with Crippen LogP contribution in [0.2, 0.25) is 0 Å². The van der Waals surface area contributed by atoms with Gasteiger partial charge in [-0.05, 0) is 84.2 Å². The van der Waals surface area contributed by atoms with Crippen LogP contribution >= 0.6 is 0 Å². The van der Waals surface area contributed by atoms with E-state index < -0.39 is 0 Å². The fraction of sp³-hybridized carbons (Fsp3) is 0.524. The van der Waals surface area contributed by atoms with E-state index >= 15 is 0 Å². The molecule has 0 amide bonds.